The van der Waals surface area contributed by atoms with Crippen LogP contribution in [0.15, 0.2) is 42.6 Å². The highest BCUT2D eigenvalue weighted by atomic mass is 16.2. The summed E-state index contributed by atoms with van der Waals surface area (Å²) in [5.74, 6) is 0.573. The fourth-order valence-electron chi connectivity index (χ4n) is 4.03. The Labute approximate surface area is 172 Å². The number of anilines is 2. The molecular formula is C24H28N4O. The van der Waals surface area contributed by atoms with Gasteiger partial charge in [-0.1, -0.05) is 26.0 Å². The van der Waals surface area contributed by atoms with Gasteiger partial charge in [0.05, 0.1) is 11.3 Å². The van der Waals surface area contributed by atoms with E-state index in [2.05, 4.69) is 41.3 Å². The Morgan fingerprint density at radius 1 is 1.28 bits per heavy atom. The van der Waals surface area contributed by atoms with Crippen LogP contribution in [0.2, 0.25) is 0 Å². The molecule has 1 aliphatic rings. The van der Waals surface area contributed by atoms with E-state index in [-0.39, 0.29) is 5.91 Å². The van der Waals surface area contributed by atoms with Gasteiger partial charge < -0.3 is 10.2 Å². The largest absolute Gasteiger partial charge is 0.354 e. The van der Waals surface area contributed by atoms with E-state index in [4.69, 9.17) is 0 Å². The highest BCUT2D eigenvalue weighted by molar-refractivity contribution is 6.07. The first kappa shape index (κ1) is 19.4. The minimum Gasteiger partial charge on any atom is -0.354 e. The monoisotopic (exact) mass is 388 g/mol. The number of amides is 1. The number of nitrogens with one attached hydrogen (secondary N) is 1. The molecule has 5 nitrogen and oxygen atoms in total. The molecule has 1 aliphatic heterocycles. The zero-order valence-electron chi connectivity index (χ0n) is 17.4. The fraction of sp³-hybridized carbons (Fsp3) is 0.375. The Balaban J connectivity index is 1.79. The lowest BCUT2D eigenvalue weighted by Gasteiger charge is -2.31. The third-order valence-corrected chi connectivity index (χ3v) is 5.65. The van der Waals surface area contributed by atoms with Crippen molar-refractivity contribution in [2.75, 3.05) is 18.4 Å². The van der Waals surface area contributed by atoms with Crippen LogP contribution in [0.4, 0.5) is 11.4 Å². The molecule has 0 spiro atoms. The van der Waals surface area contributed by atoms with Crippen molar-refractivity contribution in [2.45, 2.75) is 40.0 Å². The van der Waals surface area contributed by atoms with E-state index in [1.807, 2.05) is 36.1 Å². The highest BCUT2D eigenvalue weighted by Crippen LogP contribution is 2.31. The van der Waals surface area contributed by atoms with Gasteiger partial charge in [-0.15, -0.1) is 0 Å². The van der Waals surface area contributed by atoms with Crippen LogP contribution in [0.1, 0.15) is 48.3 Å². The highest BCUT2D eigenvalue weighted by Gasteiger charge is 2.25. The predicted octanol–water partition coefficient (Wildman–Crippen LogP) is 5.12. The predicted molar refractivity (Wildman–Crippen MR) is 118 cm³/mol. The van der Waals surface area contributed by atoms with Crippen molar-refractivity contribution in [2.24, 2.45) is 5.92 Å². The third kappa shape index (κ3) is 4.09. The van der Waals surface area contributed by atoms with E-state index in [9.17, 15) is 4.79 Å². The number of likely N-dealkylation sites (tertiary alicyclic amines) is 1. The maximum atomic E-state index is 13.4. The number of aromatic nitrogens is 2. The van der Waals surface area contributed by atoms with E-state index in [0.29, 0.717) is 17.1 Å². The molecule has 1 aromatic carbocycles. The van der Waals surface area contributed by atoms with Crippen LogP contribution >= 0.6 is 0 Å². The van der Waals surface area contributed by atoms with Crippen LogP contribution in [-0.2, 0) is 6.42 Å². The molecule has 1 atom stereocenters. The van der Waals surface area contributed by atoms with E-state index in [0.717, 1.165) is 48.4 Å². The Morgan fingerprint density at radius 3 is 2.93 bits per heavy atom. The van der Waals surface area contributed by atoms with Crippen LogP contribution < -0.4 is 5.32 Å². The summed E-state index contributed by atoms with van der Waals surface area (Å²) in [6, 6.07) is 12.3. The van der Waals surface area contributed by atoms with Crippen molar-refractivity contribution in [3.63, 3.8) is 0 Å². The summed E-state index contributed by atoms with van der Waals surface area (Å²) in [4.78, 5) is 24.5. The second-order valence-corrected chi connectivity index (χ2v) is 8.05. The van der Waals surface area contributed by atoms with Crippen molar-refractivity contribution in [3.05, 3.63) is 59.4 Å². The summed E-state index contributed by atoms with van der Waals surface area (Å²) in [5, 5.41) is 4.38. The molecular weight excluding hydrogens is 360 g/mol. The van der Waals surface area contributed by atoms with Gasteiger partial charge in [-0.25, -0.2) is 9.97 Å². The van der Waals surface area contributed by atoms with E-state index >= 15 is 0 Å². The number of carbonyl (C=O) groups is 1. The number of fused-ring (bicyclic) bond motifs is 1. The van der Waals surface area contributed by atoms with Gasteiger partial charge in [-0.05, 0) is 61.9 Å². The summed E-state index contributed by atoms with van der Waals surface area (Å²) in [6.45, 7) is 7.90. The fourth-order valence-corrected chi connectivity index (χ4v) is 4.03. The van der Waals surface area contributed by atoms with Crippen molar-refractivity contribution < 1.29 is 4.79 Å². The summed E-state index contributed by atoms with van der Waals surface area (Å²) >= 11 is 0. The number of carbonyl (C=O) groups excluding carboxylic acids is 1. The van der Waals surface area contributed by atoms with Crippen molar-refractivity contribution >= 4 is 28.3 Å². The van der Waals surface area contributed by atoms with Crippen LogP contribution in [0.25, 0.3) is 11.0 Å². The van der Waals surface area contributed by atoms with Crippen molar-refractivity contribution in [1.29, 1.82) is 0 Å². The lowest BCUT2D eigenvalue weighted by atomic mass is 9.99. The van der Waals surface area contributed by atoms with Crippen LogP contribution in [0, 0.1) is 12.8 Å². The van der Waals surface area contributed by atoms with Crippen LogP contribution in [0.5, 0.6) is 0 Å². The first-order valence-corrected chi connectivity index (χ1v) is 10.5. The first-order chi connectivity index (χ1) is 14.0. The Bertz CT molecular complexity index is 1050. The summed E-state index contributed by atoms with van der Waals surface area (Å²) in [5.41, 5.74) is 5.19. The van der Waals surface area contributed by atoms with Gasteiger partial charge in [0.2, 0.25) is 0 Å². The van der Waals surface area contributed by atoms with Crippen LogP contribution in [-0.4, -0.2) is 33.9 Å². The standard InChI is InChI=1S/C24H28N4O/c1-4-18-8-5-9-19(13-18)27-22-20-11-10-17(3)26-23(20)25-14-21(22)24(29)28-12-6-7-16(2)15-28/h5,8-11,13-14,16H,4,6-7,12,15H2,1-3H3,(H,25,26,27)/t16-/m0/s1. The van der Waals surface area contributed by atoms with Gasteiger partial charge in [0.1, 0.15) is 0 Å². The molecule has 3 aromatic rings. The molecule has 1 N–H and O–H groups in total. The molecule has 29 heavy (non-hydrogen) atoms. The molecule has 0 unspecified atom stereocenters. The number of hydrogen-bond acceptors (Lipinski definition) is 4. The summed E-state index contributed by atoms with van der Waals surface area (Å²) in [6.07, 6.45) is 4.88. The average molecular weight is 389 g/mol. The molecule has 0 radical (unpaired) electrons. The number of pyridine rings is 2. The number of aryl methyl sites for hydroxylation is 2. The maximum absolute atomic E-state index is 13.4. The van der Waals surface area contributed by atoms with Crippen molar-refractivity contribution in [1.82, 2.24) is 14.9 Å². The second-order valence-electron chi connectivity index (χ2n) is 8.05. The average Bonchev–Trinajstić information content (AvgIpc) is 2.73. The van der Waals surface area contributed by atoms with E-state index in [1.165, 1.54) is 12.0 Å². The SMILES string of the molecule is CCc1cccc(Nc2c(C(=O)N3CCC[C@H](C)C3)cnc3nc(C)ccc23)c1. The number of benzene rings is 1. The lowest BCUT2D eigenvalue weighted by Crippen LogP contribution is -2.39. The zero-order valence-corrected chi connectivity index (χ0v) is 17.4. The number of piperidine rings is 1. The lowest BCUT2D eigenvalue weighted by molar-refractivity contribution is 0.0684. The maximum Gasteiger partial charge on any atom is 0.257 e. The Morgan fingerprint density at radius 2 is 2.14 bits per heavy atom. The van der Waals surface area contributed by atoms with Crippen LogP contribution in [0.3, 0.4) is 0 Å². The van der Waals surface area contributed by atoms with Gasteiger partial charge in [0.25, 0.3) is 5.91 Å². The number of hydrogen-bond donors (Lipinski definition) is 1. The summed E-state index contributed by atoms with van der Waals surface area (Å²) < 4.78 is 0. The molecule has 1 amide bonds. The molecule has 0 saturated carbocycles. The molecule has 0 bridgehead atoms. The quantitative estimate of drug-likeness (QED) is 0.674. The zero-order chi connectivity index (χ0) is 20.4. The van der Waals surface area contributed by atoms with Crippen molar-refractivity contribution in [3.8, 4) is 0 Å². The third-order valence-electron chi connectivity index (χ3n) is 5.65. The van der Waals surface area contributed by atoms with Gasteiger partial charge in [0, 0.05) is 36.1 Å². The molecule has 5 heteroatoms. The molecule has 1 saturated heterocycles. The van der Waals surface area contributed by atoms with Gasteiger partial charge in [-0.2, -0.15) is 0 Å². The van der Waals surface area contributed by atoms with Gasteiger partial charge in [-0.3, -0.25) is 4.79 Å². The Hall–Kier alpha value is -2.95. The molecule has 1 fully saturated rings. The Kier molecular flexibility index (Phi) is 5.47. The number of nitrogens with zero attached hydrogens (tertiary/aromatic N) is 3. The molecule has 4 rings (SSSR count). The van der Waals surface area contributed by atoms with E-state index in [1.54, 1.807) is 6.20 Å². The topological polar surface area (TPSA) is 58.1 Å². The minimum atomic E-state index is 0.0423. The smallest absolute Gasteiger partial charge is 0.257 e. The minimum absolute atomic E-state index is 0.0423. The number of rotatable bonds is 4. The van der Waals surface area contributed by atoms with Gasteiger partial charge >= 0.3 is 0 Å². The van der Waals surface area contributed by atoms with Gasteiger partial charge in [0.15, 0.2) is 5.65 Å². The normalized spacial score (nSPS) is 16.8. The molecule has 150 valence electrons. The molecule has 0 aliphatic carbocycles. The second kappa shape index (κ2) is 8.19. The summed E-state index contributed by atoms with van der Waals surface area (Å²) in [7, 11) is 0. The first-order valence-electron chi connectivity index (χ1n) is 10.5. The molecule has 2 aromatic heterocycles. The molecule has 3 heterocycles. The van der Waals surface area contributed by atoms with E-state index < -0.39 is 0 Å².